The second kappa shape index (κ2) is 13.6. The second-order valence-corrected chi connectivity index (χ2v) is 15.4. The molecule has 0 aromatic heterocycles. The van der Waals surface area contributed by atoms with Crippen LogP contribution in [0.15, 0.2) is 54.6 Å². The van der Waals surface area contributed by atoms with Crippen molar-refractivity contribution in [3.8, 4) is 0 Å². The first-order chi connectivity index (χ1) is 12.9. The molecule has 0 saturated carbocycles. The molecule has 0 saturated heterocycles. The Bertz CT molecular complexity index is 605. The Hall–Kier alpha value is -0.495. The Balaban J connectivity index is 0.000000277. The summed E-state index contributed by atoms with van der Waals surface area (Å²) in [6, 6.07) is 20.0. The molecule has 2 rings (SSSR count). The van der Waals surface area contributed by atoms with Gasteiger partial charge in [0.05, 0.1) is 0 Å². The van der Waals surface area contributed by atoms with E-state index in [0.717, 1.165) is 11.8 Å². The van der Waals surface area contributed by atoms with Gasteiger partial charge in [-0.2, -0.15) is 0 Å². The molecule has 27 heavy (non-hydrogen) atoms. The van der Waals surface area contributed by atoms with E-state index in [1.54, 1.807) is 8.85 Å². The van der Waals surface area contributed by atoms with Crippen LogP contribution in [-0.2, 0) is 0 Å². The normalized spacial score (nSPS) is 10.6. The molecule has 0 heterocycles. The van der Waals surface area contributed by atoms with Crippen molar-refractivity contribution in [2.45, 2.75) is 69.6 Å². The van der Waals surface area contributed by atoms with Gasteiger partial charge in [0.1, 0.15) is 0 Å². The van der Waals surface area contributed by atoms with E-state index in [2.05, 4.69) is 103 Å². The Morgan fingerprint density at radius 2 is 1.15 bits per heavy atom. The summed E-state index contributed by atoms with van der Waals surface area (Å²) < 4.78 is 3.32. The number of aryl methyl sites for hydroxylation is 1. The maximum atomic E-state index is 2.35. The Morgan fingerprint density at radius 3 is 1.59 bits per heavy atom. The van der Waals surface area contributed by atoms with Crippen LogP contribution in [0.1, 0.15) is 47.1 Å². The molecule has 0 N–H and O–H groups in total. The maximum Gasteiger partial charge on any atom is 0.306 e. The average Bonchev–Trinajstić information content (AvgIpc) is 2.64. The molecule has 0 bridgehead atoms. The van der Waals surface area contributed by atoms with Gasteiger partial charge in [-0.25, -0.2) is 0 Å². The van der Waals surface area contributed by atoms with Crippen molar-refractivity contribution in [2.24, 2.45) is 11.8 Å². The van der Waals surface area contributed by atoms with Gasteiger partial charge >= 0.3 is 28.3 Å². The van der Waals surface area contributed by atoms with Gasteiger partial charge in [0.2, 0.25) is 0 Å². The summed E-state index contributed by atoms with van der Waals surface area (Å²) in [4.78, 5) is 0. The number of rotatable bonds is 8. The third-order valence-corrected chi connectivity index (χ3v) is 13.2. The van der Waals surface area contributed by atoms with Crippen LogP contribution < -0.4 is 8.85 Å². The second-order valence-electron chi connectivity index (χ2n) is 8.74. The van der Waals surface area contributed by atoms with Gasteiger partial charge in [0.15, 0.2) is 0 Å². The first-order valence-corrected chi connectivity index (χ1v) is 15.4. The quantitative estimate of drug-likeness (QED) is 0.452. The number of hydrogen-bond donors (Lipinski definition) is 0. The van der Waals surface area contributed by atoms with E-state index in [9.17, 15) is 0 Å². The van der Waals surface area contributed by atoms with Gasteiger partial charge in [-0.05, 0) is 6.92 Å². The van der Waals surface area contributed by atoms with Crippen LogP contribution in [0.5, 0.6) is 0 Å². The summed E-state index contributed by atoms with van der Waals surface area (Å²) in [7, 11) is 0. The zero-order valence-corrected chi connectivity index (χ0v) is 21.1. The van der Waals surface area contributed by atoms with Crippen molar-refractivity contribution in [1.82, 2.24) is 0 Å². The summed E-state index contributed by atoms with van der Waals surface area (Å²) in [5.74, 6) is 1.70. The first-order valence-electron chi connectivity index (χ1n) is 11.0. The molecule has 2 aromatic rings. The third-order valence-electron chi connectivity index (χ3n) is 5.40. The van der Waals surface area contributed by atoms with E-state index < -0.39 is 28.3 Å². The van der Waals surface area contributed by atoms with Crippen molar-refractivity contribution < 1.29 is 0 Å². The third kappa shape index (κ3) is 9.50. The Morgan fingerprint density at radius 1 is 0.667 bits per heavy atom. The summed E-state index contributed by atoms with van der Waals surface area (Å²) in [5, 5.41) is 5.67. The largest absolute Gasteiger partial charge is 0.306 e. The van der Waals surface area contributed by atoms with Crippen LogP contribution in [0.3, 0.4) is 0 Å². The average molecular weight is 395 g/mol. The van der Waals surface area contributed by atoms with E-state index in [-0.39, 0.29) is 0 Å². The topological polar surface area (TPSA) is 0 Å². The SMILES string of the molecule is CC(C)[CH2][Al]([CH2]C(C)C)[c]1ccccc1.C[CH2][Al]([CH2]C)[c]1ccccc1C. The van der Waals surface area contributed by atoms with E-state index >= 15 is 0 Å². The molecule has 0 radical (unpaired) electrons. The standard InChI is InChI=1S/C7H7.C6H5.2C4H9.2C2H5.2Al/c1-7-5-3-2-4-6-7;1-2-4-6-5-3-1;2*1-4(2)3;2*1-2;;/h2-5H,1H3;1-5H;2*4H,1H2,2-3H3;2*1H2,2H3;;. The molecule has 0 amide bonds. The predicted octanol–water partition coefficient (Wildman–Crippen LogP) is 6.44. The van der Waals surface area contributed by atoms with Crippen LogP contribution >= 0.6 is 0 Å². The first kappa shape index (κ1) is 24.5. The fraction of sp³-hybridized carbons (Fsp3) is 0.520. The fourth-order valence-electron chi connectivity index (χ4n) is 4.01. The lowest BCUT2D eigenvalue weighted by molar-refractivity contribution is 0.694. The van der Waals surface area contributed by atoms with E-state index in [1.807, 2.05) is 0 Å². The molecule has 0 unspecified atom stereocenters. The molecule has 146 valence electrons. The van der Waals surface area contributed by atoms with Crippen molar-refractivity contribution in [3.63, 3.8) is 0 Å². The highest BCUT2D eigenvalue weighted by Crippen LogP contribution is 2.14. The van der Waals surface area contributed by atoms with Gasteiger partial charge in [0, 0.05) is 0 Å². The molecule has 0 spiro atoms. The van der Waals surface area contributed by atoms with Crippen LogP contribution in [0.2, 0.25) is 21.1 Å². The molecule has 2 heteroatoms. The summed E-state index contributed by atoms with van der Waals surface area (Å²) >= 11 is -1.30. The van der Waals surface area contributed by atoms with Crippen LogP contribution in [0.25, 0.3) is 0 Å². The van der Waals surface area contributed by atoms with Crippen LogP contribution in [0.4, 0.5) is 0 Å². The van der Waals surface area contributed by atoms with E-state index in [0.29, 0.717) is 0 Å². The monoisotopic (exact) mass is 394 g/mol. The number of hydrogen-bond acceptors (Lipinski definition) is 0. The molecule has 0 atom stereocenters. The Kier molecular flexibility index (Phi) is 12.4. The van der Waals surface area contributed by atoms with Crippen molar-refractivity contribution in [2.75, 3.05) is 0 Å². The highest BCUT2D eigenvalue weighted by Gasteiger charge is 2.21. The molecular weight excluding hydrogens is 354 g/mol. The van der Waals surface area contributed by atoms with Gasteiger partial charge < -0.3 is 0 Å². The van der Waals surface area contributed by atoms with Gasteiger partial charge in [-0.15, -0.1) is 8.85 Å². The lowest BCUT2D eigenvalue weighted by atomic mass is 10.2. The molecule has 0 nitrogen and oxygen atoms in total. The van der Waals surface area contributed by atoms with Crippen LogP contribution in [-0.4, -0.2) is 28.3 Å². The van der Waals surface area contributed by atoms with Crippen molar-refractivity contribution in [3.05, 3.63) is 60.2 Å². The Labute approximate surface area is 178 Å². The minimum atomic E-state index is -0.708. The van der Waals surface area contributed by atoms with Crippen molar-refractivity contribution in [1.29, 1.82) is 0 Å². The highest BCUT2D eigenvalue weighted by atomic mass is 27.2. The maximum absolute atomic E-state index is 2.35. The molecule has 0 fully saturated rings. The molecular formula is C25H40Al2. The minimum absolute atomic E-state index is 0.590. The van der Waals surface area contributed by atoms with Crippen molar-refractivity contribution >= 4 is 37.1 Å². The zero-order chi connectivity index (χ0) is 20.2. The van der Waals surface area contributed by atoms with Gasteiger partial charge in [0.25, 0.3) is 0 Å². The summed E-state index contributed by atoms with van der Waals surface area (Å²) in [6.07, 6.45) is 0. The lowest BCUT2D eigenvalue weighted by Crippen LogP contribution is -2.32. The van der Waals surface area contributed by atoms with Gasteiger partial charge in [-0.3, -0.25) is 0 Å². The fourth-order valence-corrected chi connectivity index (χ4v) is 10.4. The minimum Gasteiger partial charge on any atom is -0.110 e. The summed E-state index contributed by atoms with van der Waals surface area (Å²) in [6.45, 7) is 16.3. The smallest absolute Gasteiger partial charge is 0.110 e. The molecule has 0 aliphatic carbocycles. The van der Waals surface area contributed by atoms with Gasteiger partial charge in [-0.1, -0.05) is 135 Å². The molecule has 0 aliphatic rings. The molecule has 2 aromatic carbocycles. The molecule has 0 aliphatic heterocycles. The summed E-state index contributed by atoms with van der Waals surface area (Å²) in [5.41, 5.74) is 1.50. The van der Waals surface area contributed by atoms with E-state index in [1.165, 1.54) is 26.7 Å². The zero-order valence-electron chi connectivity index (χ0n) is 18.8. The van der Waals surface area contributed by atoms with Crippen LogP contribution in [0, 0.1) is 18.8 Å². The predicted molar refractivity (Wildman–Crippen MR) is 129 cm³/mol. The number of benzene rings is 2. The highest BCUT2D eigenvalue weighted by molar-refractivity contribution is 6.73. The van der Waals surface area contributed by atoms with E-state index in [4.69, 9.17) is 0 Å². The lowest BCUT2D eigenvalue weighted by Gasteiger charge is -2.16.